The van der Waals surface area contributed by atoms with Gasteiger partial charge in [-0.15, -0.1) is 22.0 Å². The summed E-state index contributed by atoms with van der Waals surface area (Å²) in [4.78, 5) is 13.3. The Bertz CT molecular complexity index is 601. The minimum atomic E-state index is -0.182. The third-order valence-electron chi connectivity index (χ3n) is 2.60. The molecule has 1 aromatic heterocycles. The first-order valence-electron chi connectivity index (χ1n) is 7.03. The molecule has 1 N–H and O–H groups in total. The van der Waals surface area contributed by atoms with Crippen molar-refractivity contribution in [2.24, 2.45) is 5.92 Å². The summed E-state index contributed by atoms with van der Waals surface area (Å²) < 4.78 is 0.896. The number of carbonyl (C=O) groups is 1. The molecule has 1 heterocycles. The summed E-state index contributed by atoms with van der Waals surface area (Å²) in [5, 5.41) is 11.4. The van der Waals surface area contributed by atoms with Crippen molar-refractivity contribution in [3.05, 3.63) is 30.3 Å². The quantitative estimate of drug-likeness (QED) is 0.590. The number of carbonyl (C=O) groups excluding carboxylic acids is 1. The summed E-state index contributed by atoms with van der Waals surface area (Å²) in [7, 11) is 0. The third-order valence-corrected chi connectivity index (χ3v) is 6.11. The Morgan fingerprint density at radius 1 is 1.23 bits per heavy atom. The molecule has 0 aliphatic heterocycles. The Kier molecular flexibility index (Phi) is 6.72. The highest BCUT2D eigenvalue weighted by molar-refractivity contribution is 8.01. The molecule has 0 aliphatic rings. The summed E-state index contributed by atoms with van der Waals surface area (Å²) >= 11 is 4.63. The van der Waals surface area contributed by atoms with Gasteiger partial charge in [-0.1, -0.05) is 55.1 Å². The van der Waals surface area contributed by atoms with E-state index in [0.717, 1.165) is 15.0 Å². The minimum Gasteiger partial charge on any atom is -0.300 e. The zero-order chi connectivity index (χ0) is 15.9. The molecule has 0 bridgehead atoms. The number of nitrogens with one attached hydrogen (secondary N) is 1. The van der Waals surface area contributed by atoms with Gasteiger partial charge in [0.1, 0.15) is 0 Å². The SMILES string of the molecule is CC(C)CSc1nnc(NC(=O)[C@@H](C)Sc2ccccc2)s1. The molecule has 118 valence electrons. The summed E-state index contributed by atoms with van der Waals surface area (Å²) in [6, 6.07) is 9.90. The van der Waals surface area contributed by atoms with Crippen molar-refractivity contribution in [3.8, 4) is 0 Å². The first-order valence-corrected chi connectivity index (χ1v) is 9.71. The molecule has 1 amide bonds. The largest absolute Gasteiger partial charge is 0.300 e. The number of hydrogen-bond acceptors (Lipinski definition) is 6. The van der Waals surface area contributed by atoms with Gasteiger partial charge in [0.05, 0.1) is 5.25 Å². The molecule has 1 aromatic carbocycles. The molecule has 0 radical (unpaired) electrons. The van der Waals surface area contributed by atoms with Gasteiger partial charge in [-0.2, -0.15) is 0 Å². The van der Waals surface area contributed by atoms with Gasteiger partial charge in [0.25, 0.3) is 0 Å². The maximum atomic E-state index is 12.2. The van der Waals surface area contributed by atoms with E-state index in [0.29, 0.717) is 11.0 Å². The summed E-state index contributed by atoms with van der Waals surface area (Å²) in [5.41, 5.74) is 0. The van der Waals surface area contributed by atoms with Gasteiger partial charge in [-0.25, -0.2) is 0 Å². The molecule has 2 aromatic rings. The van der Waals surface area contributed by atoms with Gasteiger partial charge in [-0.05, 0) is 25.0 Å². The molecular formula is C15H19N3OS3. The van der Waals surface area contributed by atoms with Crippen LogP contribution in [0.3, 0.4) is 0 Å². The normalized spacial score (nSPS) is 12.4. The van der Waals surface area contributed by atoms with Crippen LogP contribution in [-0.4, -0.2) is 27.1 Å². The molecule has 1 atom stereocenters. The van der Waals surface area contributed by atoms with Crippen LogP contribution in [0.4, 0.5) is 5.13 Å². The maximum absolute atomic E-state index is 12.2. The number of amides is 1. The molecule has 0 unspecified atom stereocenters. The van der Waals surface area contributed by atoms with Crippen molar-refractivity contribution in [2.75, 3.05) is 11.1 Å². The monoisotopic (exact) mass is 353 g/mol. The van der Waals surface area contributed by atoms with Crippen LogP contribution in [0, 0.1) is 5.92 Å². The van der Waals surface area contributed by atoms with Crippen molar-refractivity contribution in [2.45, 2.75) is 35.3 Å². The van der Waals surface area contributed by atoms with Crippen molar-refractivity contribution in [3.63, 3.8) is 0 Å². The number of aromatic nitrogens is 2. The first kappa shape index (κ1) is 17.3. The van der Waals surface area contributed by atoms with E-state index in [4.69, 9.17) is 0 Å². The van der Waals surface area contributed by atoms with Crippen LogP contribution in [0.25, 0.3) is 0 Å². The molecule has 4 nitrogen and oxygen atoms in total. The maximum Gasteiger partial charge on any atom is 0.239 e. The lowest BCUT2D eigenvalue weighted by molar-refractivity contribution is -0.115. The standard InChI is InChI=1S/C15H19N3OS3/c1-10(2)9-20-15-18-17-14(22-15)16-13(19)11(3)21-12-7-5-4-6-8-12/h4-8,10-11H,9H2,1-3H3,(H,16,17,19)/t11-/m1/s1. The van der Waals surface area contributed by atoms with E-state index in [1.807, 2.05) is 37.3 Å². The molecule has 7 heteroatoms. The highest BCUT2D eigenvalue weighted by Crippen LogP contribution is 2.28. The summed E-state index contributed by atoms with van der Waals surface area (Å²) in [6.45, 7) is 6.22. The molecule has 0 fully saturated rings. The number of rotatable bonds is 7. The van der Waals surface area contributed by atoms with Crippen LogP contribution < -0.4 is 5.32 Å². The van der Waals surface area contributed by atoms with Gasteiger partial charge in [0.15, 0.2) is 4.34 Å². The van der Waals surface area contributed by atoms with Gasteiger partial charge in [0.2, 0.25) is 11.0 Å². The first-order chi connectivity index (χ1) is 10.5. The fraction of sp³-hybridized carbons (Fsp3) is 0.400. The van der Waals surface area contributed by atoms with Crippen molar-refractivity contribution in [1.82, 2.24) is 10.2 Å². The van der Waals surface area contributed by atoms with E-state index in [1.54, 1.807) is 11.8 Å². The number of thioether (sulfide) groups is 2. The average Bonchev–Trinajstić information content (AvgIpc) is 2.93. The predicted molar refractivity (Wildman–Crippen MR) is 95.9 cm³/mol. The zero-order valence-corrected chi connectivity index (χ0v) is 15.2. The van der Waals surface area contributed by atoms with Crippen molar-refractivity contribution in [1.29, 1.82) is 0 Å². The second-order valence-corrected chi connectivity index (χ2v) is 8.80. The molecule has 0 aliphatic carbocycles. The van der Waals surface area contributed by atoms with Crippen LogP contribution >= 0.6 is 34.9 Å². The molecule has 0 saturated carbocycles. The lowest BCUT2D eigenvalue weighted by atomic mass is 10.3. The molecule has 0 spiro atoms. The van der Waals surface area contributed by atoms with Gasteiger partial charge >= 0.3 is 0 Å². The van der Waals surface area contributed by atoms with Gasteiger partial charge < -0.3 is 0 Å². The second kappa shape index (κ2) is 8.55. The van der Waals surface area contributed by atoms with Gasteiger partial charge in [0, 0.05) is 10.6 Å². The molecule has 0 saturated heterocycles. The number of benzene rings is 1. The average molecular weight is 354 g/mol. The Morgan fingerprint density at radius 3 is 2.64 bits per heavy atom. The van der Waals surface area contributed by atoms with Gasteiger partial charge in [-0.3, -0.25) is 10.1 Å². The van der Waals surface area contributed by atoms with Crippen molar-refractivity contribution < 1.29 is 4.79 Å². The van der Waals surface area contributed by atoms with Crippen molar-refractivity contribution >= 4 is 45.9 Å². The topological polar surface area (TPSA) is 54.9 Å². The van der Waals surface area contributed by atoms with E-state index >= 15 is 0 Å². The number of anilines is 1. The Morgan fingerprint density at radius 2 is 1.95 bits per heavy atom. The van der Waals surface area contributed by atoms with E-state index in [1.165, 1.54) is 23.1 Å². The third kappa shape index (κ3) is 5.62. The fourth-order valence-corrected chi connectivity index (χ4v) is 4.14. The second-order valence-electron chi connectivity index (χ2n) is 5.14. The molecule has 2 rings (SSSR count). The summed E-state index contributed by atoms with van der Waals surface area (Å²) in [5.74, 6) is 1.56. The fourth-order valence-electron chi connectivity index (χ4n) is 1.52. The Balaban J connectivity index is 1.86. The van der Waals surface area contributed by atoms with Crippen LogP contribution in [0.1, 0.15) is 20.8 Å². The summed E-state index contributed by atoms with van der Waals surface area (Å²) in [6.07, 6.45) is 0. The van der Waals surface area contributed by atoms with E-state index < -0.39 is 0 Å². The highest BCUT2D eigenvalue weighted by atomic mass is 32.2. The predicted octanol–water partition coefficient (Wildman–Crippen LogP) is 4.41. The van der Waals surface area contributed by atoms with Crippen LogP contribution in [0.5, 0.6) is 0 Å². The minimum absolute atomic E-state index is 0.0505. The van der Waals surface area contributed by atoms with Crippen LogP contribution in [0.2, 0.25) is 0 Å². The molecule has 22 heavy (non-hydrogen) atoms. The lowest BCUT2D eigenvalue weighted by Gasteiger charge is -2.09. The lowest BCUT2D eigenvalue weighted by Crippen LogP contribution is -2.22. The number of nitrogens with zero attached hydrogens (tertiary/aromatic N) is 2. The van der Waals surface area contributed by atoms with E-state index in [2.05, 4.69) is 29.4 Å². The smallest absolute Gasteiger partial charge is 0.239 e. The zero-order valence-electron chi connectivity index (χ0n) is 12.8. The van der Waals surface area contributed by atoms with E-state index in [-0.39, 0.29) is 11.2 Å². The van der Waals surface area contributed by atoms with E-state index in [9.17, 15) is 4.79 Å². The van der Waals surface area contributed by atoms with Crippen LogP contribution in [0.15, 0.2) is 39.6 Å². The Hall–Kier alpha value is -1.05. The number of hydrogen-bond donors (Lipinski definition) is 1. The highest BCUT2D eigenvalue weighted by Gasteiger charge is 2.16. The molecular weight excluding hydrogens is 334 g/mol. The Labute approximate surface area is 143 Å². The van der Waals surface area contributed by atoms with Crippen LogP contribution in [-0.2, 0) is 4.79 Å².